The first-order valence-corrected chi connectivity index (χ1v) is 11.8. The van der Waals surface area contributed by atoms with Crippen molar-refractivity contribution in [3.05, 3.63) is 48.7 Å². The third kappa shape index (κ3) is 5.53. The molecule has 0 aliphatic carbocycles. The van der Waals surface area contributed by atoms with E-state index >= 15 is 0 Å². The fourth-order valence-corrected chi connectivity index (χ4v) is 5.06. The molecule has 0 bridgehead atoms. The Hall–Kier alpha value is -2.75. The van der Waals surface area contributed by atoms with Gasteiger partial charge >= 0.3 is 0 Å². The van der Waals surface area contributed by atoms with Gasteiger partial charge in [0.25, 0.3) is 0 Å². The molecule has 1 heterocycles. The molecule has 0 saturated heterocycles. The largest absolute Gasteiger partial charge is 0.493 e. The second kappa shape index (κ2) is 10.2. The number of aliphatic hydroxyl groups is 1. The van der Waals surface area contributed by atoms with Crippen LogP contribution in [0.5, 0.6) is 17.2 Å². The zero-order valence-corrected chi connectivity index (χ0v) is 19.6. The van der Waals surface area contributed by atoms with Crippen molar-refractivity contribution in [2.45, 2.75) is 24.8 Å². The van der Waals surface area contributed by atoms with Gasteiger partial charge in [-0.3, -0.25) is 0 Å². The molecule has 2 aromatic carbocycles. The van der Waals surface area contributed by atoms with Gasteiger partial charge in [-0.1, -0.05) is 13.8 Å². The van der Waals surface area contributed by atoms with Crippen LogP contribution >= 0.6 is 0 Å². The normalized spacial score (nSPS) is 13.0. The number of aromatic amines is 1. The Bertz CT molecular complexity index is 1140. The second-order valence-electron chi connectivity index (χ2n) is 7.92. The van der Waals surface area contributed by atoms with Crippen molar-refractivity contribution < 1.29 is 27.7 Å². The van der Waals surface area contributed by atoms with Gasteiger partial charge in [-0.05, 0) is 41.6 Å². The van der Waals surface area contributed by atoms with Crippen LogP contribution in [0.4, 0.5) is 0 Å². The van der Waals surface area contributed by atoms with Crippen LogP contribution in [0.25, 0.3) is 10.9 Å². The predicted octanol–water partition coefficient (Wildman–Crippen LogP) is 3.27. The van der Waals surface area contributed by atoms with Crippen molar-refractivity contribution in [1.29, 1.82) is 0 Å². The first kappa shape index (κ1) is 23.9. The molecule has 0 spiro atoms. The van der Waals surface area contributed by atoms with Crippen molar-refractivity contribution in [2.75, 3.05) is 33.9 Å². The summed E-state index contributed by atoms with van der Waals surface area (Å²) in [4.78, 5) is 3.18. The Morgan fingerprint density at radius 3 is 2.44 bits per heavy atom. The minimum absolute atomic E-state index is 0.0394. The third-order valence-corrected chi connectivity index (χ3v) is 6.77. The highest BCUT2D eigenvalue weighted by Crippen LogP contribution is 2.31. The molecule has 0 unspecified atom stereocenters. The molecule has 3 rings (SSSR count). The van der Waals surface area contributed by atoms with Crippen molar-refractivity contribution in [2.24, 2.45) is 5.92 Å². The van der Waals surface area contributed by atoms with Gasteiger partial charge in [-0.15, -0.1) is 0 Å². The molecule has 174 valence electrons. The predicted molar refractivity (Wildman–Crippen MR) is 123 cm³/mol. The number of aromatic nitrogens is 1. The van der Waals surface area contributed by atoms with Gasteiger partial charge in [0, 0.05) is 36.9 Å². The SMILES string of the molecule is COc1ccc(S(=O)(=O)N(CC(C)C)C[C@@H](O)COc2ccc3cc[nH]c3c2)cc1OC. The Morgan fingerprint density at radius 1 is 1.00 bits per heavy atom. The Balaban J connectivity index is 1.74. The van der Waals surface area contributed by atoms with Crippen LogP contribution in [0.1, 0.15) is 13.8 Å². The number of nitrogens with zero attached hydrogens (tertiary/aromatic N) is 1. The zero-order valence-electron chi connectivity index (χ0n) is 18.7. The van der Waals surface area contributed by atoms with Crippen molar-refractivity contribution in [1.82, 2.24) is 9.29 Å². The van der Waals surface area contributed by atoms with Crippen LogP contribution in [0.3, 0.4) is 0 Å². The van der Waals surface area contributed by atoms with Gasteiger partial charge in [-0.2, -0.15) is 4.31 Å². The number of benzene rings is 2. The van der Waals surface area contributed by atoms with E-state index < -0.39 is 16.1 Å². The highest BCUT2D eigenvalue weighted by atomic mass is 32.2. The Kier molecular flexibility index (Phi) is 7.65. The van der Waals surface area contributed by atoms with Crippen molar-refractivity contribution in [3.63, 3.8) is 0 Å². The summed E-state index contributed by atoms with van der Waals surface area (Å²) < 4.78 is 44.1. The van der Waals surface area contributed by atoms with E-state index in [9.17, 15) is 13.5 Å². The third-order valence-electron chi connectivity index (χ3n) is 4.94. The van der Waals surface area contributed by atoms with E-state index in [0.717, 1.165) is 10.9 Å². The summed E-state index contributed by atoms with van der Waals surface area (Å²) >= 11 is 0. The van der Waals surface area contributed by atoms with E-state index in [1.807, 2.05) is 44.3 Å². The molecular formula is C23H30N2O6S. The molecule has 0 amide bonds. The standard InChI is InChI=1S/C23H30N2O6S/c1-16(2)13-25(32(27,28)20-7-8-22(29-3)23(12-20)30-4)14-18(26)15-31-19-6-5-17-9-10-24-21(17)11-19/h5-12,16,18,24,26H,13-15H2,1-4H3/t18-/m1/s1. The van der Waals surface area contributed by atoms with Crippen LogP contribution in [-0.4, -0.2) is 62.8 Å². The van der Waals surface area contributed by atoms with Crippen molar-refractivity contribution >= 4 is 20.9 Å². The molecule has 3 aromatic rings. The number of H-pyrrole nitrogens is 1. The highest BCUT2D eigenvalue weighted by molar-refractivity contribution is 7.89. The van der Waals surface area contributed by atoms with Crippen molar-refractivity contribution in [3.8, 4) is 17.2 Å². The first-order chi connectivity index (χ1) is 15.2. The number of aliphatic hydroxyl groups excluding tert-OH is 1. The summed E-state index contributed by atoms with van der Waals surface area (Å²) in [5.74, 6) is 1.42. The molecule has 32 heavy (non-hydrogen) atoms. The smallest absolute Gasteiger partial charge is 0.243 e. The average molecular weight is 463 g/mol. The van der Waals surface area contributed by atoms with E-state index in [2.05, 4.69) is 4.98 Å². The fraction of sp³-hybridized carbons (Fsp3) is 0.391. The van der Waals surface area contributed by atoms with Crippen LogP contribution in [0.2, 0.25) is 0 Å². The molecule has 0 saturated carbocycles. The highest BCUT2D eigenvalue weighted by Gasteiger charge is 2.28. The lowest BCUT2D eigenvalue weighted by Crippen LogP contribution is -2.41. The first-order valence-electron chi connectivity index (χ1n) is 10.3. The summed E-state index contributed by atoms with van der Waals surface area (Å²) in [7, 11) is -0.938. The van der Waals surface area contributed by atoms with Crippen LogP contribution in [-0.2, 0) is 10.0 Å². The van der Waals surface area contributed by atoms with E-state index in [1.165, 1.54) is 30.7 Å². The van der Waals surface area contributed by atoms with Crippen LogP contribution < -0.4 is 14.2 Å². The number of ether oxygens (including phenoxy) is 3. The van der Waals surface area contributed by atoms with E-state index in [4.69, 9.17) is 14.2 Å². The van der Waals surface area contributed by atoms with Gasteiger partial charge in [0.15, 0.2) is 11.5 Å². The summed E-state index contributed by atoms with van der Waals surface area (Å²) in [5, 5.41) is 11.6. The molecule has 0 aliphatic rings. The number of hydrogen-bond donors (Lipinski definition) is 2. The Morgan fingerprint density at radius 2 is 1.75 bits per heavy atom. The molecule has 0 radical (unpaired) electrons. The monoisotopic (exact) mass is 462 g/mol. The quantitative estimate of drug-likeness (QED) is 0.454. The molecule has 1 aromatic heterocycles. The number of fused-ring (bicyclic) bond motifs is 1. The molecule has 8 nitrogen and oxygen atoms in total. The number of hydrogen-bond acceptors (Lipinski definition) is 6. The molecule has 2 N–H and O–H groups in total. The second-order valence-corrected chi connectivity index (χ2v) is 9.86. The van der Waals surface area contributed by atoms with Crippen LogP contribution in [0.15, 0.2) is 53.6 Å². The fourth-order valence-electron chi connectivity index (χ4n) is 3.40. The lowest BCUT2D eigenvalue weighted by atomic mass is 10.2. The van der Waals surface area contributed by atoms with Gasteiger partial charge in [0.1, 0.15) is 18.5 Å². The molecule has 9 heteroatoms. The van der Waals surface area contributed by atoms with Gasteiger partial charge < -0.3 is 24.3 Å². The summed E-state index contributed by atoms with van der Waals surface area (Å²) in [6.07, 6.45) is 0.828. The number of rotatable bonds is 11. The Labute approximate surface area is 188 Å². The molecule has 0 fully saturated rings. The van der Waals surface area contributed by atoms with E-state index in [-0.39, 0.29) is 30.5 Å². The molecule has 0 aliphatic heterocycles. The average Bonchev–Trinajstić information content (AvgIpc) is 3.24. The number of sulfonamides is 1. The summed E-state index contributed by atoms with van der Waals surface area (Å²) in [6, 6.07) is 12.0. The minimum Gasteiger partial charge on any atom is -0.493 e. The minimum atomic E-state index is -3.88. The maximum absolute atomic E-state index is 13.3. The number of nitrogens with one attached hydrogen (secondary N) is 1. The van der Waals surface area contributed by atoms with Crippen LogP contribution in [0, 0.1) is 5.92 Å². The molecule has 1 atom stereocenters. The summed E-state index contributed by atoms with van der Waals surface area (Å²) in [6.45, 7) is 3.96. The van der Waals surface area contributed by atoms with Gasteiger partial charge in [0.2, 0.25) is 10.0 Å². The lowest BCUT2D eigenvalue weighted by Gasteiger charge is -2.26. The zero-order chi connectivity index (χ0) is 23.3. The summed E-state index contributed by atoms with van der Waals surface area (Å²) in [5.41, 5.74) is 0.925. The van der Waals surface area contributed by atoms with Gasteiger partial charge in [0.05, 0.1) is 19.1 Å². The lowest BCUT2D eigenvalue weighted by molar-refractivity contribution is 0.0873. The van der Waals surface area contributed by atoms with E-state index in [0.29, 0.717) is 17.2 Å². The maximum atomic E-state index is 13.3. The van der Waals surface area contributed by atoms with Gasteiger partial charge in [-0.25, -0.2) is 8.42 Å². The topological polar surface area (TPSA) is 101 Å². The number of methoxy groups -OCH3 is 2. The maximum Gasteiger partial charge on any atom is 0.243 e. The van der Waals surface area contributed by atoms with E-state index in [1.54, 1.807) is 6.07 Å². The molecular weight excluding hydrogens is 432 g/mol.